The molecule has 0 unspecified atom stereocenters. The van der Waals surface area contributed by atoms with Gasteiger partial charge in [-0.3, -0.25) is 4.79 Å². The molecule has 0 radical (unpaired) electrons. The molecule has 0 aromatic heterocycles. The van der Waals surface area contributed by atoms with Gasteiger partial charge < -0.3 is 5.32 Å². The van der Waals surface area contributed by atoms with E-state index in [2.05, 4.69) is 11.4 Å². The van der Waals surface area contributed by atoms with Gasteiger partial charge in [-0.05, 0) is 38.0 Å². The summed E-state index contributed by atoms with van der Waals surface area (Å²) in [5.41, 5.74) is 3.20. The molecule has 1 aromatic carbocycles. The van der Waals surface area contributed by atoms with Crippen LogP contribution in [0.3, 0.4) is 0 Å². The van der Waals surface area contributed by atoms with Crippen LogP contribution >= 0.6 is 11.6 Å². The fraction of sp³-hybridized carbons (Fsp3) is 0.417. The second kappa shape index (κ2) is 5.17. The molecule has 0 bridgehead atoms. The van der Waals surface area contributed by atoms with E-state index in [9.17, 15) is 4.79 Å². The van der Waals surface area contributed by atoms with Gasteiger partial charge in [0.1, 0.15) is 5.78 Å². The fourth-order valence-electron chi connectivity index (χ4n) is 1.50. The molecular formula is C12H16ClNO. The van der Waals surface area contributed by atoms with Gasteiger partial charge in [-0.15, -0.1) is 0 Å². The lowest BCUT2D eigenvalue weighted by molar-refractivity contribution is -0.116. The van der Waals surface area contributed by atoms with Gasteiger partial charge in [-0.1, -0.05) is 17.7 Å². The first-order valence-corrected chi connectivity index (χ1v) is 5.38. The van der Waals surface area contributed by atoms with E-state index in [0.717, 1.165) is 21.8 Å². The molecule has 0 atom stereocenters. The third-order valence-corrected chi connectivity index (χ3v) is 2.51. The highest BCUT2D eigenvalue weighted by Crippen LogP contribution is 2.27. The van der Waals surface area contributed by atoms with Crippen molar-refractivity contribution in [1.29, 1.82) is 0 Å². The molecule has 1 rings (SSSR count). The van der Waals surface area contributed by atoms with Gasteiger partial charge >= 0.3 is 0 Å². The molecule has 1 N–H and O–H groups in total. The Balaban J connectivity index is 2.72. The van der Waals surface area contributed by atoms with E-state index in [4.69, 9.17) is 11.6 Å². The first kappa shape index (κ1) is 12.1. The molecule has 0 spiro atoms. The van der Waals surface area contributed by atoms with Crippen molar-refractivity contribution in [2.24, 2.45) is 0 Å². The normalized spacial score (nSPS) is 10.1. The average molecular weight is 226 g/mol. The first-order chi connectivity index (χ1) is 7.00. The number of hydrogen-bond acceptors (Lipinski definition) is 2. The highest BCUT2D eigenvalue weighted by atomic mass is 35.5. The second-order valence-corrected chi connectivity index (χ2v) is 4.22. The summed E-state index contributed by atoms with van der Waals surface area (Å²) < 4.78 is 0. The van der Waals surface area contributed by atoms with Gasteiger partial charge in [0.15, 0.2) is 0 Å². The average Bonchev–Trinajstić information content (AvgIpc) is 2.08. The number of benzene rings is 1. The van der Waals surface area contributed by atoms with Gasteiger partial charge in [0.2, 0.25) is 0 Å². The van der Waals surface area contributed by atoms with Crippen molar-refractivity contribution in [3.05, 3.63) is 28.3 Å². The third kappa shape index (κ3) is 3.56. The van der Waals surface area contributed by atoms with E-state index in [1.54, 1.807) is 6.92 Å². The lowest BCUT2D eigenvalue weighted by atomic mass is 10.1. The molecular weight excluding hydrogens is 210 g/mol. The van der Waals surface area contributed by atoms with Crippen LogP contribution in [0.1, 0.15) is 24.5 Å². The van der Waals surface area contributed by atoms with Crippen LogP contribution in [0.2, 0.25) is 5.02 Å². The summed E-state index contributed by atoms with van der Waals surface area (Å²) in [4.78, 5) is 10.8. The largest absolute Gasteiger partial charge is 0.383 e. The number of ketones is 1. The van der Waals surface area contributed by atoms with E-state index < -0.39 is 0 Å². The van der Waals surface area contributed by atoms with Crippen molar-refractivity contribution in [2.75, 3.05) is 11.9 Å². The molecule has 0 aliphatic carbocycles. The van der Waals surface area contributed by atoms with E-state index in [1.807, 2.05) is 19.9 Å². The number of hydrogen-bond donors (Lipinski definition) is 1. The molecule has 0 saturated carbocycles. The summed E-state index contributed by atoms with van der Waals surface area (Å²) in [5.74, 6) is 0.184. The number of aryl methyl sites for hydroxylation is 2. The Hall–Kier alpha value is -1.02. The lowest BCUT2D eigenvalue weighted by Crippen LogP contribution is -2.07. The van der Waals surface area contributed by atoms with Crippen molar-refractivity contribution in [2.45, 2.75) is 27.2 Å². The number of nitrogens with one attached hydrogen (secondary N) is 1. The smallest absolute Gasteiger partial charge is 0.131 e. The molecule has 15 heavy (non-hydrogen) atoms. The standard InChI is InChI=1S/C12H16ClNO/c1-8-6-9(2)12(11(13)7-8)14-5-4-10(3)15/h6-7,14H,4-5H2,1-3H3. The van der Waals surface area contributed by atoms with Crippen LogP contribution in [0.5, 0.6) is 0 Å². The van der Waals surface area contributed by atoms with E-state index in [-0.39, 0.29) is 5.78 Å². The molecule has 2 nitrogen and oxygen atoms in total. The number of carbonyl (C=O) groups is 1. The number of anilines is 1. The SMILES string of the molecule is CC(=O)CCNc1c(C)cc(C)cc1Cl. The molecule has 82 valence electrons. The summed E-state index contributed by atoms with van der Waals surface area (Å²) in [7, 11) is 0. The summed E-state index contributed by atoms with van der Waals surface area (Å²) >= 11 is 6.10. The summed E-state index contributed by atoms with van der Waals surface area (Å²) in [6.07, 6.45) is 0.531. The fourth-order valence-corrected chi connectivity index (χ4v) is 1.89. The zero-order valence-corrected chi connectivity index (χ0v) is 10.1. The maximum absolute atomic E-state index is 10.8. The molecule has 0 saturated heterocycles. The van der Waals surface area contributed by atoms with Gasteiger partial charge in [0.05, 0.1) is 10.7 Å². The maximum atomic E-state index is 10.8. The van der Waals surface area contributed by atoms with Crippen LogP contribution in [0.4, 0.5) is 5.69 Å². The van der Waals surface area contributed by atoms with Gasteiger partial charge in [-0.2, -0.15) is 0 Å². The van der Waals surface area contributed by atoms with Crippen LogP contribution in [0, 0.1) is 13.8 Å². The predicted octanol–water partition coefficient (Wildman–Crippen LogP) is 3.35. The van der Waals surface area contributed by atoms with E-state index in [0.29, 0.717) is 13.0 Å². The van der Waals surface area contributed by atoms with Crippen molar-refractivity contribution < 1.29 is 4.79 Å². The van der Waals surface area contributed by atoms with Crippen LogP contribution in [0.15, 0.2) is 12.1 Å². The highest BCUT2D eigenvalue weighted by Gasteiger charge is 2.04. The Bertz CT molecular complexity index is 351. The summed E-state index contributed by atoms with van der Waals surface area (Å²) in [5, 5.41) is 3.91. The topological polar surface area (TPSA) is 29.1 Å². The molecule has 0 heterocycles. The number of carbonyl (C=O) groups excluding carboxylic acids is 1. The zero-order valence-electron chi connectivity index (χ0n) is 9.36. The molecule has 0 aliphatic heterocycles. The number of Topliss-reactive ketones (excluding diaryl/α,β-unsaturated/α-hetero) is 1. The molecule has 0 aliphatic rings. The third-order valence-electron chi connectivity index (χ3n) is 2.21. The molecule has 3 heteroatoms. The van der Waals surface area contributed by atoms with Crippen molar-refractivity contribution in [1.82, 2.24) is 0 Å². The van der Waals surface area contributed by atoms with Crippen molar-refractivity contribution in [3.8, 4) is 0 Å². The number of rotatable bonds is 4. The molecule has 1 aromatic rings. The van der Waals surface area contributed by atoms with E-state index in [1.165, 1.54) is 0 Å². The lowest BCUT2D eigenvalue weighted by Gasteiger charge is -2.11. The Labute approximate surface area is 95.6 Å². The van der Waals surface area contributed by atoms with Gasteiger partial charge in [0.25, 0.3) is 0 Å². The summed E-state index contributed by atoms with van der Waals surface area (Å²) in [6.45, 7) is 6.25. The van der Waals surface area contributed by atoms with Gasteiger partial charge in [-0.25, -0.2) is 0 Å². The quantitative estimate of drug-likeness (QED) is 0.852. The van der Waals surface area contributed by atoms with Gasteiger partial charge in [0, 0.05) is 13.0 Å². The minimum absolute atomic E-state index is 0.184. The van der Waals surface area contributed by atoms with Crippen LogP contribution in [-0.2, 0) is 4.79 Å². The Morgan fingerprint density at radius 1 is 1.40 bits per heavy atom. The van der Waals surface area contributed by atoms with E-state index >= 15 is 0 Å². The minimum atomic E-state index is 0.184. The Morgan fingerprint density at radius 2 is 2.07 bits per heavy atom. The number of halogens is 1. The predicted molar refractivity (Wildman–Crippen MR) is 64.7 cm³/mol. The van der Waals surface area contributed by atoms with Crippen molar-refractivity contribution >= 4 is 23.1 Å². The van der Waals surface area contributed by atoms with Crippen LogP contribution in [0.25, 0.3) is 0 Å². The summed E-state index contributed by atoms with van der Waals surface area (Å²) in [6, 6.07) is 3.99. The zero-order chi connectivity index (χ0) is 11.4. The second-order valence-electron chi connectivity index (χ2n) is 3.82. The highest BCUT2D eigenvalue weighted by molar-refractivity contribution is 6.33. The van der Waals surface area contributed by atoms with Crippen molar-refractivity contribution in [3.63, 3.8) is 0 Å². The van der Waals surface area contributed by atoms with Crippen LogP contribution in [-0.4, -0.2) is 12.3 Å². The maximum Gasteiger partial charge on any atom is 0.131 e. The molecule has 0 fully saturated rings. The molecule has 0 amide bonds. The van der Waals surface area contributed by atoms with Crippen LogP contribution < -0.4 is 5.32 Å². The first-order valence-electron chi connectivity index (χ1n) is 5.00. The Morgan fingerprint density at radius 3 is 2.60 bits per heavy atom. The Kier molecular flexibility index (Phi) is 4.15. The minimum Gasteiger partial charge on any atom is -0.383 e. The monoisotopic (exact) mass is 225 g/mol.